The number of amides is 6. The quantitative estimate of drug-likeness (QED) is 0.0825. The number of unbranched alkanes of at least 4 members (excludes halogenated alkanes) is 2. The molecule has 65 heavy (non-hydrogen) atoms. The molecule has 0 saturated carbocycles. The fourth-order valence-electron chi connectivity index (χ4n) is 8.09. The molecule has 0 radical (unpaired) electrons. The predicted octanol–water partition coefficient (Wildman–Crippen LogP) is 7.50. The van der Waals surface area contributed by atoms with Crippen molar-refractivity contribution in [3.63, 3.8) is 0 Å². The normalized spacial score (nSPS) is 15.7. The first kappa shape index (κ1) is 50.5. The number of benzene rings is 2. The third-order valence-corrected chi connectivity index (χ3v) is 12.1. The van der Waals surface area contributed by atoms with E-state index in [2.05, 4.69) is 10.6 Å². The Morgan fingerprint density at radius 2 is 1.55 bits per heavy atom. The fraction of sp³-hybridized carbons (Fsp3) is 0.510. The maximum atomic E-state index is 15.3. The topological polar surface area (TPSA) is 150 Å². The number of imide groups is 1. The summed E-state index contributed by atoms with van der Waals surface area (Å²) in [5, 5.41) is 5.61. The van der Waals surface area contributed by atoms with Crippen molar-refractivity contribution in [1.82, 2.24) is 29.9 Å². The fourth-order valence-corrected chi connectivity index (χ4v) is 8.90. The van der Waals surface area contributed by atoms with Gasteiger partial charge in [-0.05, 0) is 81.2 Å². The lowest BCUT2D eigenvalue weighted by atomic mass is 9.82. The number of halogens is 2. The Kier molecular flexibility index (Phi) is 17.9. The van der Waals surface area contributed by atoms with Gasteiger partial charge in [0.15, 0.2) is 0 Å². The van der Waals surface area contributed by atoms with Crippen LogP contribution in [0, 0.1) is 23.0 Å². The molecule has 0 aliphatic carbocycles. The molecule has 352 valence electrons. The highest BCUT2D eigenvalue weighted by atomic mass is 32.2. The van der Waals surface area contributed by atoms with Gasteiger partial charge in [-0.1, -0.05) is 57.5 Å². The summed E-state index contributed by atoms with van der Waals surface area (Å²) in [6.45, 7) is 14.0. The number of nitrogens with one attached hydrogen (secondary N) is 2. The minimum absolute atomic E-state index is 0.0679. The maximum absolute atomic E-state index is 15.3. The van der Waals surface area contributed by atoms with Crippen molar-refractivity contribution in [3.8, 4) is 11.1 Å². The minimum Gasteiger partial charge on any atom is -0.444 e. The Hall–Kier alpha value is -5.51. The van der Waals surface area contributed by atoms with E-state index in [-0.39, 0.29) is 66.3 Å². The van der Waals surface area contributed by atoms with Gasteiger partial charge in [-0.3, -0.25) is 28.9 Å². The predicted molar refractivity (Wildman–Crippen MR) is 247 cm³/mol. The summed E-state index contributed by atoms with van der Waals surface area (Å²) in [6, 6.07) is 14.5. The maximum Gasteiger partial charge on any atom is 0.410 e. The summed E-state index contributed by atoms with van der Waals surface area (Å²) in [4.78, 5) is 80.9. The first-order valence-corrected chi connectivity index (χ1v) is 23.6. The highest BCUT2D eigenvalue weighted by Crippen LogP contribution is 2.42. The molecule has 1 aromatic heterocycles. The molecule has 2 aromatic carbocycles. The zero-order chi connectivity index (χ0) is 47.3. The number of hydrogen-bond acceptors (Lipinski definition) is 8. The molecule has 3 heterocycles. The van der Waals surface area contributed by atoms with Crippen LogP contribution >= 0.6 is 11.8 Å². The molecule has 1 saturated heterocycles. The molecule has 1 unspecified atom stereocenters. The van der Waals surface area contributed by atoms with Gasteiger partial charge >= 0.3 is 6.09 Å². The summed E-state index contributed by atoms with van der Waals surface area (Å²) in [5.74, 6) is -1.91. The van der Waals surface area contributed by atoms with E-state index in [1.54, 1.807) is 4.90 Å². The lowest BCUT2D eigenvalue weighted by Gasteiger charge is -2.42. The van der Waals surface area contributed by atoms with Gasteiger partial charge in [-0.25, -0.2) is 13.6 Å². The Bertz CT molecular complexity index is 2170. The van der Waals surface area contributed by atoms with E-state index >= 15 is 4.39 Å². The van der Waals surface area contributed by atoms with Crippen LogP contribution in [0.3, 0.4) is 0 Å². The van der Waals surface area contributed by atoms with Crippen LogP contribution in [0.5, 0.6) is 0 Å². The van der Waals surface area contributed by atoms with Crippen molar-refractivity contribution >= 4 is 47.4 Å². The largest absolute Gasteiger partial charge is 0.444 e. The first-order valence-electron chi connectivity index (χ1n) is 22.4. The molecule has 5 rings (SSSR count). The summed E-state index contributed by atoms with van der Waals surface area (Å²) in [7, 11) is 0. The van der Waals surface area contributed by atoms with Crippen LogP contribution in [-0.4, -0.2) is 111 Å². The number of carbonyl (C=O) groups is 6. The van der Waals surface area contributed by atoms with Crippen molar-refractivity contribution < 1.29 is 42.3 Å². The molecular formula is C49H64F2N6O7S. The SMILES string of the molecule is CC(C)(C)OC(=O)N1CCC(CN(C(=O)CSCCC(=O)NCCNC(=O)CCCCCN2C(=O)C=CC2=O)[C@@H](c2cc(-c3cc(F)ccc3F)cn2Cc2ccccc2)C(C)(C)C)C1. The third-order valence-electron chi connectivity index (χ3n) is 11.1. The summed E-state index contributed by atoms with van der Waals surface area (Å²) < 4.78 is 37.6. The Labute approximate surface area is 385 Å². The molecule has 16 heteroatoms. The smallest absolute Gasteiger partial charge is 0.410 e. The second-order valence-corrected chi connectivity index (χ2v) is 19.9. The molecule has 2 atom stereocenters. The Morgan fingerprint density at radius 3 is 2.22 bits per heavy atom. The third kappa shape index (κ3) is 15.3. The lowest BCUT2D eigenvalue weighted by molar-refractivity contribution is -0.137. The highest BCUT2D eigenvalue weighted by Gasteiger charge is 2.40. The van der Waals surface area contributed by atoms with Crippen LogP contribution in [0.25, 0.3) is 11.1 Å². The van der Waals surface area contributed by atoms with Crippen molar-refractivity contribution in [2.24, 2.45) is 11.3 Å². The summed E-state index contributed by atoms with van der Waals surface area (Å²) >= 11 is 1.34. The zero-order valence-corrected chi connectivity index (χ0v) is 39.3. The number of ether oxygens (including phenoxy) is 1. The Balaban J connectivity index is 1.23. The average molecular weight is 919 g/mol. The zero-order valence-electron chi connectivity index (χ0n) is 38.5. The number of aromatic nitrogens is 1. The standard InChI is InChI=1S/C49H64F2N6O7S/c1-48(2,3)46(40-27-36(38-28-37(50)16-17-39(38)51)32-55(40)29-34-13-9-7-10-14-34)57(31-35-20-25-54(30-35)47(63)64-49(4,5)6)45(62)33-65-26-21-42(59)53-23-22-52-41(58)15-11-8-12-24-56-43(60)18-19-44(56)61/h7,9-10,13-14,16-19,27-28,32,35,46H,8,11-12,15,20-26,29-31,33H2,1-6H3,(H,52,58)(H,53,59)/t35?,46-/m0/s1. The molecule has 2 N–H and O–H groups in total. The van der Waals surface area contributed by atoms with E-state index in [9.17, 15) is 33.2 Å². The molecule has 6 amide bonds. The number of likely N-dealkylation sites (tertiary alicyclic amines) is 1. The molecule has 13 nitrogen and oxygen atoms in total. The van der Waals surface area contributed by atoms with E-state index in [1.807, 2.05) is 93.6 Å². The van der Waals surface area contributed by atoms with Crippen molar-refractivity contribution in [2.45, 2.75) is 98.3 Å². The van der Waals surface area contributed by atoms with E-state index in [1.165, 1.54) is 34.9 Å². The van der Waals surface area contributed by atoms with Gasteiger partial charge in [-0.15, -0.1) is 0 Å². The first-order chi connectivity index (χ1) is 30.8. The lowest BCUT2D eigenvalue weighted by Crippen LogP contribution is -2.46. The van der Waals surface area contributed by atoms with Crippen LogP contribution in [0.15, 0.2) is 72.9 Å². The number of carbonyl (C=O) groups excluding carboxylic acids is 6. The van der Waals surface area contributed by atoms with Gasteiger partial charge < -0.3 is 29.7 Å². The van der Waals surface area contributed by atoms with E-state index in [4.69, 9.17) is 4.74 Å². The van der Waals surface area contributed by atoms with Crippen LogP contribution < -0.4 is 10.6 Å². The van der Waals surface area contributed by atoms with Gasteiger partial charge in [0.05, 0.1) is 11.8 Å². The number of rotatable bonds is 21. The van der Waals surface area contributed by atoms with E-state index in [0.29, 0.717) is 76.1 Å². The van der Waals surface area contributed by atoms with Gasteiger partial charge in [0.2, 0.25) is 17.7 Å². The molecule has 1 fully saturated rings. The van der Waals surface area contributed by atoms with E-state index < -0.39 is 34.8 Å². The second kappa shape index (κ2) is 23.1. The monoisotopic (exact) mass is 918 g/mol. The molecule has 0 spiro atoms. The highest BCUT2D eigenvalue weighted by molar-refractivity contribution is 7.99. The van der Waals surface area contributed by atoms with Gasteiger partial charge in [0, 0.05) is 99.6 Å². The minimum atomic E-state index is -0.663. The summed E-state index contributed by atoms with van der Waals surface area (Å²) in [5.41, 5.74) is 1.10. The Morgan fingerprint density at radius 1 is 0.877 bits per heavy atom. The average Bonchev–Trinajstić information content (AvgIpc) is 3.96. The van der Waals surface area contributed by atoms with Gasteiger partial charge in [-0.2, -0.15) is 11.8 Å². The van der Waals surface area contributed by atoms with Crippen LogP contribution in [0.4, 0.5) is 13.6 Å². The van der Waals surface area contributed by atoms with Crippen molar-refractivity contribution in [1.29, 1.82) is 0 Å². The molecule has 0 bridgehead atoms. The van der Waals surface area contributed by atoms with Crippen LogP contribution in [-0.2, 0) is 35.3 Å². The molecule has 2 aliphatic rings. The van der Waals surface area contributed by atoms with Gasteiger partial charge in [0.25, 0.3) is 11.8 Å². The number of thioether (sulfide) groups is 1. The number of nitrogens with zero attached hydrogens (tertiary/aromatic N) is 4. The summed E-state index contributed by atoms with van der Waals surface area (Å²) in [6.07, 6.45) is 6.91. The molecule has 2 aliphatic heterocycles. The van der Waals surface area contributed by atoms with Gasteiger partial charge in [0.1, 0.15) is 17.2 Å². The van der Waals surface area contributed by atoms with E-state index in [0.717, 1.165) is 23.4 Å². The number of hydrogen-bond donors (Lipinski definition) is 2. The molecule has 3 aromatic rings. The second-order valence-electron chi connectivity index (χ2n) is 18.8. The van der Waals surface area contributed by atoms with Crippen LogP contribution in [0.1, 0.15) is 97.4 Å². The van der Waals surface area contributed by atoms with Crippen molar-refractivity contribution in [3.05, 3.63) is 95.8 Å². The van der Waals surface area contributed by atoms with Crippen LogP contribution in [0.2, 0.25) is 0 Å². The van der Waals surface area contributed by atoms with Crippen molar-refractivity contribution in [2.75, 3.05) is 50.8 Å². The molecular weight excluding hydrogens is 855 g/mol.